The molecule has 5 rings (SSSR count). The summed E-state index contributed by atoms with van der Waals surface area (Å²) in [7, 11) is 1.35. The van der Waals surface area contributed by atoms with E-state index in [2.05, 4.69) is 10.5 Å². The molecule has 0 aliphatic carbocycles. The highest BCUT2D eigenvalue weighted by Gasteiger charge is 2.34. The number of benzene rings is 4. The molecule has 1 aliphatic rings. The molecule has 43 heavy (non-hydrogen) atoms. The molecular formula is C33H29FN4O4S. The number of esters is 1. The van der Waals surface area contributed by atoms with Crippen molar-refractivity contribution in [2.75, 3.05) is 30.0 Å². The van der Waals surface area contributed by atoms with Gasteiger partial charge in [-0.2, -0.15) is 5.10 Å². The maximum atomic E-state index is 14.3. The van der Waals surface area contributed by atoms with Crippen LogP contribution in [0.25, 0.3) is 0 Å². The SMILES string of the molecule is COC(=O)c1ccc(CCSc2ccc3c(c2)C(=NNC(=O)c2c(N)cccc2F)C(=O)N3CCc2ccccc2)cc1. The number of hydrogen-bond acceptors (Lipinski definition) is 7. The number of ether oxygens (including phenoxy) is 1. The lowest BCUT2D eigenvalue weighted by molar-refractivity contribution is -0.112. The first-order valence-corrected chi connectivity index (χ1v) is 14.6. The van der Waals surface area contributed by atoms with Crippen LogP contribution in [0, 0.1) is 5.82 Å². The first-order valence-electron chi connectivity index (χ1n) is 13.6. The summed E-state index contributed by atoms with van der Waals surface area (Å²) in [6, 6.07) is 26.8. The Morgan fingerprint density at radius 2 is 1.70 bits per heavy atom. The zero-order chi connectivity index (χ0) is 30.3. The van der Waals surface area contributed by atoms with Gasteiger partial charge in [0.05, 0.1) is 23.9 Å². The Hall–Kier alpha value is -4.96. The quantitative estimate of drug-likeness (QED) is 0.112. The highest BCUT2D eigenvalue weighted by atomic mass is 32.2. The summed E-state index contributed by atoms with van der Waals surface area (Å²) in [6.07, 6.45) is 1.38. The number of halogens is 1. The molecule has 0 aromatic heterocycles. The standard InChI is InChI=1S/C33H29FN4O4S/c1-42-33(41)23-12-10-22(11-13-23)17-19-43-24-14-15-28-25(20-24)30(32(40)38(28)18-16-21-6-3-2-4-7-21)36-37-31(39)29-26(34)8-5-9-27(29)35/h2-15,20H,16-19,35H2,1H3,(H,37,39). The van der Waals surface area contributed by atoms with Gasteiger partial charge in [0.2, 0.25) is 0 Å². The maximum Gasteiger partial charge on any atom is 0.337 e. The minimum atomic E-state index is -0.844. The number of rotatable bonds is 10. The van der Waals surface area contributed by atoms with Crippen LogP contribution < -0.4 is 16.1 Å². The van der Waals surface area contributed by atoms with Gasteiger partial charge < -0.3 is 15.4 Å². The highest BCUT2D eigenvalue weighted by molar-refractivity contribution is 7.99. The van der Waals surface area contributed by atoms with Gasteiger partial charge in [-0.25, -0.2) is 14.6 Å². The van der Waals surface area contributed by atoms with Crippen molar-refractivity contribution in [2.24, 2.45) is 5.10 Å². The van der Waals surface area contributed by atoms with E-state index in [4.69, 9.17) is 10.5 Å². The molecule has 4 aromatic rings. The number of nitrogens with zero attached hydrogens (tertiary/aromatic N) is 2. The molecule has 0 radical (unpaired) electrons. The van der Waals surface area contributed by atoms with E-state index in [0.29, 0.717) is 29.8 Å². The van der Waals surface area contributed by atoms with E-state index in [1.54, 1.807) is 28.8 Å². The van der Waals surface area contributed by atoms with Crippen molar-refractivity contribution < 1.29 is 23.5 Å². The second kappa shape index (κ2) is 13.3. The van der Waals surface area contributed by atoms with Crippen LogP contribution in [0.1, 0.15) is 37.4 Å². The van der Waals surface area contributed by atoms with Gasteiger partial charge in [-0.15, -0.1) is 11.8 Å². The summed E-state index contributed by atoms with van der Waals surface area (Å²) in [5, 5.41) is 4.16. The van der Waals surface area contributed by atoms with Crippen molar-refractivity contribution in [3.63, 3.8) is 0 Å². The molecule has 218 valence electrons. The van der Waals surface area contributed by atoms with Crippen LogP contribution in [0.2, 0.25) is 0 Å². The number of amides is 2. The molecule has 0 bridgehead atoms. The minimum Gasteiger partial charge on any atom is -0.465 e. The second-order valence-electron chi connectivity index (χ2n) is 9.76. The van der Waals surface area contributed by atoms with Gasteiger partial charge in [-0.1, -0.05) is 48.5 Å². The molecule has 1 heterocycles. The molecular weight excluding hydrogens is 567 g/mol. The molecule has 1 aliphatic heterocycles. The highest BCUT2D eigenvalue weighted by Crippen LogP contribution is 2.33. The van der Waals surface area contributed by atoms with Crippen LogP contribution in [0.4, 0.5) is 15.8 Å². The lowest BCUT2D eigenvalue weighted by Gasteiger charge is -2.17. The second-order valence-corrected chi connectivity index (χ2v) is 10.9. The molecule has 8 nitrogen and oxygen atoms in total. The number of thioether (sulfide) groups is 1. The smallest absolute Gasteiger partial charge is 0.337 e. The van der Waals surface area contributed by atoms with Gasteiger partial charge in [0, 0.05) is 28.4 Å². The normalized spacial score (nSPS) is 13.2. The number of carbonyl (C=O) groups is 3. The van der Waals surface area contributed by atoms with Crippen LogP contribution in [-0.4, -0.2) is 42.9 Å². The van der Waals surface area contributed by atoms with Gasteiger partial charge in [0.1, 0.15) is 5.82 Å². The average Bonchev–Trinajstić information content (AvgIpc) is 3.28. The predicted molar refractivity (Wildman–Crippen MR) is 166 cm³/mol. The van der Waals surface area contributed by atoms with E-state index in [1.807, 2.05) is 60.7 Å². The molecule has 0 unspecified atom stereocenters. The van der Waals surface area contributed by atoms with Gasteiger partial charge in [0.15, 0.2) is 5.71 Å². The van der Waals surface area contributed by atoms with Gasteiger partial charge >= 0.3 is 5.97 Å². The molecule has 2 amide bonds. The Morgan fingerprint density at radius 3 is 2.42 bits per heavy atom. The minimum absolute atomic E-state index is 0.0287. The molecule has 4 aromatic carbocycles. The van der Waals surface area contributed by atoms with Gasteiger partial charge in [-0.3, -0.25) is 9.59 Å². The number of methoxy groups -OCH3 is 1. The van der Waals surface area contributed by atoms with E-state index in [1.165, 1.54) is 19.2 Å². The van der Waals surface area contributed by atoms with Gasteiger partial charge in [-0.05, 0) is 66.4 Å². The number of hydrogen-bond donors (Lipinski definition) is 2. The van der Waals surface area contributed by atoms with Crippen molar-refractivity contribution in [1.82, 2.24) is 5.43 Å². The number of aryl methyl sites for hydroxylation is 1. The van der Waals surface area contributed by atoms with Crippen LogP contribution >= 0.6 is 11.8 Å². The number of carbonyl (C=O) groups excluding carboxylic acids is 3. The first kappa shape index (κ1) is 29.5. The first-order chi connectivity index (χ1) is 20.9. The van der Waals surface area contributed by atoms with E-state index in [0.717, 1.165) is 34.3 Å². The Balaban J connectivity index is 1.35. The molecule has 0 saturated carbocycles. The van der Waals surface area contributed by atoms with Gasteiger partial charge in [0.25, 0.3) is 11.8 Å². The summed E-state index contributed by atoms with van der Waals surface area (Å²) in [4.78, 5) is 40.6. The summed E-state index contributed by atoms with van der Waals surface area (Å²) >= 11 is 1.61. The molecule has 0 spiro atoms. The summed E-state index contributed by atoms with van der Waals surface area (Å²) in [6.45, 7) is 0.414. The molecule has 0 saturated heterocycles. The Labute approximate surface area is 252 Å². The Morgan fingerprint density at radius 1 is 0.953 bits per heavy atom. The largest absolute Gasteiger partial charge is 0.465 e. The molecule has 0 atom stereocenters. The zero-order valence-electron chi connectivity index (χ0n) is 23.4. The van der Waals surface area contributed by atoms with E-state index < -0.39 is 11.7 Å². The van der Waals surface area contributed by atoms with Crippen molar-refractivity contribution in [3.05, 3.63) is 125 Å². The third-order valence-electron chi connectivity index (χ3n) is 7.01. The van der Waals surface area contributed by atoms with E-state index >= 15 is 0 Å². The number of hydrazone groups is 1. The van der Waals surface area contributed by atoms with E-state index in [9.17, 15) is 18.8 Å². The summed E-state index contributed by atoms with van der Waals surface area (Å²) < 4.78 is 19.1. The number of anilines is 2. The third kappa shape index (κ3) is 6.76. The van der Waals surface area contributed by atoms with Crippen LogP contribution in [0.5, 0.6) is 0 Å². The van der Waals surface area contributed by atoms with Crippen LogP contribution in [0.15, 0.2) is 101 Å². The fourth-order valence-corrected chi connectivity index (χ4v) is 5.69. The van der Waals surface area contributed by atoms with E-state index in [-0.39, 0.29) is 28.8 Å². The Bertz CT molecular complexity index is 1670. The van der Waals surface area contributed by atoms with Crippen molar-refractivity contribution in [3.8, 4) is 0 Å². The lowest BCUT2D eigenvalue weighted by atomic mass is 10.1. The predicted octanol–water partition coefficient (Wildman–Crippen LogP) is 5.25. The van der Waals surface area contributed by atoms with Crippen LogP contribution in [-0.2, 0) is 22.4 Å². The average molecular weight is 597 g/mol. The molecule has 10 heteroatoms. The third-order valence-corrected chi connectivity index (χ3v) is 8.00. The fourth-order valence-electron chi connectivity index (χ4n) is 4.75. The van der Waals surface area contributed by atoms with Crippen molar-refractivity contribution >= 4 is 46.6 Å². The maximum absolute atomic E-state index is 14.3. The number of fused-ring (bicyclic) bond motifs is 1. The number of nitrogens with two attached hydrogens (primary N) is 1. The van der Waals surface area contributed by atoms with Crippen molar-refractivity contribution in [1.29, 1.82) is 0 Å². The molecule has 3 N–H and O–H groups in total. The monoisotopic (exact) mass is 596 g/mol. The number of nitrogens with one attached hydrogen (secondary N) is 1. The Kier molecular flexibility index (Phi) is 9.17. The lowest BCUT2D eigenvalue weighted by Crippen LogP contribution is -2.33. The summed E-state index contributed by atoms with van der Waals surface area (Å²) in [5.41, 5.74) is 11.8. The summed E-state index contributed by atoms with van der Waals surface area (Å²) in [5.74, 6) is -1.61. The van der Waals surface area contributed by atoms with Crippen LogP contribution in [0.3, 0.4) is 0 Å². The fraction of sp³-hybridized carbons (Fsp3) is 0.152. The number of nitrogen functional groups attached to an aromatic ring is 1. The molecule has 0 fully saturated rings. The topological polar surface area (TPSA) is 114 Å². The van der Waals surface area contributed by atoms with Crippen molar-refractivity contribution in [2.45, 2.75) is 17.7 Å². The zero-order valence-corrected chi connectivity index (χ0v) is 24.2.